The molecule has 0 saturated heterocycles. The smallest absolute Gasteiger partial charge is 0.168 e. The maximum absolute atomic E-state index is 8.79. The quantitative estimate of drug-likeness (QED) is 0.544. The second kappa shape index (κ2) is 4.95. The van der Waals surface area contributed by atoms with Crippen molar-refractivity contribution in [1.82, 2.24) is 19.7 Å². The number of nitrogens with one attached hydrogen (secondary N) is 1. The molecule has 2 heterocycles. The third-order valence-electron chi connectivity index (χ3n) is 2.85. The summed E-state index contributed by atoms with van der Waals surface area (Å²) in [5.41, 5.74) is 4.02. The third-order valence-corrected chi connectivity index (χ3v) is 2.85. The molecule has 0 saturated carbocycles. The predicted molar refractivity (Wildman–Crippen MR) is 73.8 cm³/mol. The molecule has 0 aliphatic heterocycles. The first-order chi connectivity index (χ1) is 9.83. The number of benzene rings is 1. The first kappa shape index (κ1) is 12.1. The summed E-state index contributed by atoms with van der Waals surface area (Å²) in [6, 6.07) is 11.6. The Morgan fingerprint density at radius 1 is 1.25 bits per heavy atom. The number of nitrogen functional groups attached to an aromatic ring is 1. The molecule has 7 nitrogen and oxygen atoms in total. The molecule has 1 aromatic carbocycles. The fraction of sp³-hybridized carbons (Fsp3) is 0.0769. The number of aromatic nitrogens is 4. The predicted octanol–water partition coefficient (Wildman–Crippen LogP) is 1.17. The summed E-state index contributed by atoms with van der Waals surface area (Å²) in [5, 5.41) is 13.8. The van der Waals surface area contributed by atoms with Crippen molar-refractivity contribution in [2.45, 2.75) is 6.42 Å². The third kappa shape index (κ3) is 1.94. The van der Waals surface area contributed by atoms with Gasteiger partial charge in [-0.3, -0.25) is 0 Å². The van der Waals surface area contributed by atoms with Crippen LogP contribution < -0.4 is 11.3 Å². The Hall–Kier alpha value is -2.98. The van der Waals surface area contributed by atoms with Gasteiger partial charge >= 0.3 is 0 Å². The van der Waals surface area contributed by atoms with Crippen LogP contribution in [-0.2, 0) is 6.42 Å². The molecule has 20 heavy (non-hydrogen) atoms. The molecule has 0 aliphatic rings. The molecule has 0 aliphatic carbocycles. The summed E-state index contributed by atoms with van der Waals surface area (Å²) < 4.78 is 1.69. The zero-order valence-corrected chi connectivity index (χ0v) is 10.5. The molecule has 0 atom stereocenters. The average Bonchev–Trinajstić information content (AvgIpc) is 2.91. The van der Waals surface area contributed by atoms with E-state index in [2.05, 4.69) is 20.5 Å². The number of para-hydroxylation sites is 1. The molecule has 0 spiro atoms. The van der Waals surface area contributed by atoms with Gasteiger partial charge in [0.25, 0.3) is 0 Å². The van der Waals surface area contributed by atoms with Crippen LogP contribution in [0.25, 0.3) is 16.7 Å². The van der Waals surface area contributed by atoms with E-state index in [1.165, 1.54) is 0 Å². The molecule has 3 rings (SSSR count). The van der Waals surface area contributed by atoms with Crippen LogP contribution >= 0.6 is 0 Å². The minimum absolute atomic E-state index is 0.116. The lowest BCUT2D eigenvalue weighted by Crippen LogP contribution is -2.11. The van der Waals surface area contributed by atoms with Crippen LogP contribution in [-0.4, -0.2) is 19.7 Å². The normalized spacial score (nSPS) is 10.4. The van der Waals surface area contributed by atoms with Crippen LogP contribution in [0.2, 0.25) is 0 Å². The highest BCUT2D eigenvalue weighted by molar-refractivity contribution is 5.87. The molecule has 0 amide bonds. The maximum Gasteiger partial charge on any atom is 0.168 e. The zero-order valence-electron chi connectivity index (χ0n) is 10.5. The number of anilines is 1. The monoisotopic (exact) mass is 265 g/mol. The summed E-state index contributed by atoms with van der Waals surface area (Å²) in [5.74, 6) is 6.34. The molecule has 3 N–H and O–H groups in total. The Labute approximate surface area is 114 Å². The summed E-state index contributed by atoms with van der Waals surface area (Å²) in [7, 11) is 0. The lowest BCUT2D eigenvalue weighted by Gasteiger charge is -2.05. The molecule has 3 aromatic rings. The maximum atomic E-state index is 8.79. The molecule has 0 fully saturated rings. The zero-order chi connectivity index (χ0) is 13.9. The van der Waals surface area contributed by atoms with Crippen molar-refractivity contribution < 1.29 is 0 Å². The van der Waals surface area contributed by atoms with E-state index in [1.807, 2.05) is 36.4 Å². The second-order valence-electron chi connectivity index (χ2n) is 4.10. The summed E-state index contributed by atoms with van der Waals surface area (Å²) in [6.45, 7) is 0. The number of nitriles is 1. The van der Waals surface area contributed by atoms with E-state index in [9.17, 15) is 0 Å². The number of rotatable bonds is 3. The van der Waals surface area contributed by atoms with Crippen LogP contribution in [0.15, 0.2) is 36.5 Å². The van der Waals surface area contributed by atoms with Crippen LogP contribution in [0, 0.1) is 11.3 Å². The molecule has 0 bridgehead atoms. The molecular weight excluding hydrogens is 254 g/mol. The van der Waals surface area contributed by atoms with Gasteiger partial charge in [0, 0.05) is 0 Å². The molecule has 0 radical (unpaired) electrons. The van der Waals surface area contributed by atoms with Crippen LogP contribution in [0.4, 0.5) is 5.82 Å². The summed E-state index contributed by atoms with van der Waals surface area (Å²) in [4.78, 5) is 8.57. The summed E-state index contributed by atoms with van der Waals surface area (Å²) in [6.07, 6.45) is 1.76. The lowest BCUT2D eigenvalue weighted by molar-refractivity contribution is 0.885. The first-order valence-corrected chi connectivity index (χ1v) is 5.97. The highest BCUT2D eigenvalue weighted by Gasteiger charge is 2.13. The number of hydrogen-bond donors (Lipinski definition) is 2. The topological polar surface area (TPSA) is 105 Å². The van der Waals surface area contributed by atoms with Gasteiger partial charge in [-0.1, -0.05) is 18.2 Å². The van der Waals surface area contributed by atoms with Crippen molar-refractivity contribution in [3.63, 3.8) is 0 Å². The fourth-order valence-electron chi connectivity index (χ4n) is 1.97. The van der Waals surface area contributed by atoms with E-state index in [0.717, 1.165) is 5.69 Å². The van der Waals surface area contributed by atoms with Gasteiger partial charge in [0.15, 0.2) is 11.5 Å². The Kier molecular flexibility index (Phi) is 2.99. The number of hydrazine groups is 1. The van der Waals surface area contributed by atoms with Crippen molar-refractivity contribution in [2.75, 3.05) is 5.43 Å². The van der Waals surface area contributed by atoms with Gasteiger partial charge in [0.05, 0.1) is 29.8 Å². The highest BCUT2D eigenvalue weighted by atomic mass is 15.3. The van der Waals surface area contributed by atoms with Crippen LogP contribution in [0.3, 0.4) is 0 Å². The van der Waals surface area contributed by atoms with Crippen molar-refractivity contribution in [3.8, 4) is 11.8 Å². The van der Waals surface area contributed by atoms with Gasteiger partial charge < -0.3 is 5.43 Å². The van der Waals surface area contributed by atoms with Crippen molar-refractivity contribution in [3.05, 3.63) is 42.4 Å². The number of fused-ring (bicyclic) bond motifs is 1. The minimum atomic E-state index is 0.116. The van der Waals surface area contributed by atoms with Crippen LogP contribution in [0.1, 0.15) is 5.82 Å². The average molecular weight is 265 g/mol. The van der Waals surface area contributed by atoms with Crippen molar-refractivity contribution in [2.24, 2.45) is 5.84 Å². The minimum Gasteiger partial charge on any atom is -0.308 e. The van der Waals surface area contributed by atoms with Crippen molar-refractivity contribution >= 4 is 16.9 Å². The molecule has 0 unspecified atom stereocenters. The highest BCUT2D eigenvalue weighted by Crippen LogP contribution is 2.22. The van der Waals surface area contributed by atoms with E-state index in [0.29, 0.717) is 22.7 Å². The van der Waals surface area contributed by atoms with Crippen molar-refractivity contribution in [1.29, 1.82) is 5.26 Å². The first-order valence-electron chi connectivity index (χ1n) is 5.97. The van der Waals surface area contributed by atoms with Gasteiger partial charge in [-0.2, -0.15) is 10.4 Å². The van der Waals surface area contributed by atoms with E-state index in [1.54, 1.807) is 10.9 Å². The number of nitrogens with zero attached hydrogens (tertiary/aromatic N) is 5. The van der Waals surface area contributed by atoms with Gasteiger partial charge in [0.1, 0.15) is 5.82 Å². The Bertz CT molecular complexity index is 786. The SMILES string of the molecule is N#CCc1nc(NN)c2cnn(-c3ccccc3)c2n1. The van der Waals surface area contributed by atoms with Gasteiger partial charge in [-0.25, -0.2) is 20.5 Å². The molecular formula is C13H11N7. The Morgan fingerprint density at radius 2 is 2.05 bits per heavy atom. The van der Waals surface area contributed by atoms with E-state index in [4.69, 9.17) is 11.1 Å². The van der Waals surface area contributed by atoms with E-state index < -0.39 is 0 Å². The largest absolute Gasteiger partial charge is 0.308 e. The summed E-state index contributed by atoms with van der Waals surface area (Å²) >= 11 is 0. The molecule has 98 valence electrons. The second-order valence-corrected chi connectivity index (χ2v) is 4.10. The standard InChI is InChI=1S/C13H11N7/c14-7-6-11-17-12(19-15)10-8-16-20(13(10)18-11)9-4-2-1-3-5-9/h1-5,8H,6,15H2,(H,17,18,19). The van der Waals surface area contributed by atoms with Gasteiger partial charge in [0.2, 0.25) is 0 Å². The number of nitrogens with two attached hydrogens (primary N) is 1. The fourth-order valence-corrected chi connectivity index (χ4v) is 1.97. The Balaban J connectivity index is 2.25. The van der Waals surface area contributed by atoms with Gasteiger partial charge in [-0.15, -0.1) is 0 Å². The van der Waals surface area contributed by atoms with Crippen LogP contribution in [0.5, 0.6) is 0 Å². The Morgan fingerprint density at radius 3 is 2.75 bits per heavy atom. The molecule has 2 aromatic heterocycles. The number of hydrogen-bond acceptors (Lipinski definition) is 6. The lowest BCUT2D eigenvalue weighted by atomic mass is 10.3. The van der Waals surface area contributed by atoms with Gasteiger partial charge in [-0.05, 0) is 12.1 Å². The molecule has 7 heteroatoms. The van der Waals surface area contributed by atoms with E-state index >= 15 is 0 Å². The van der Waals surface area contributed by atoms with E-state index in [-0.39, 0.29) is 6.42 Å².